The van der Waals surface area contributed by atoms with Gasteiger partial charge in [-0.15, -0.1) is 24.8 Å². The lowest BCUT2D eigenvalue weighted by Gasteiger charge is -2.07. The fraction of sp³-hybridized carbons (Fsp3) is 0.273. The normalized spacial score (nSPS) is 16.1. The summed E-state index contributed by atoms with van der Waals surface area (Å²) in [5, 5.41) is 0. The molecule has 0 amide bonds. The quantitative estimate of drug-likeness (QED) is 0.854. The molecule has 0 aromatic carbocycles. The molecule has 0 saturated heterocycles. The van der Waals surface area contributed by atoms with Crippen LogP contribution in [0.2, 0.25) is 0 Å². The van der Waals surface area contributed by atoms with Crippen LogP contribution in [0.4, 0.5) is 0 Å². The van der Waals surface area contributed by atoms with E-state index < -0.39 is 0 Å². The standard InChI is InChI=1S/C11H11N3.2ClH/c12-11(5-6-11)10-4-3-8-9(14-10)2-1-7-13-8;;/h1-4,7H,5-6,12H2;2*1H. The average Bonchev–Trinajstić information content (AvgIpc) is 2.97. The molecule has 1 aliphatic rings. The first kappa shape index (κ1) is 13.2. The van der Waals surface area contributed by atoms with Gasteiger partial charge in [-0.1, -0.05) is 0 Å². The molecule has 3 nitrogen and oxygen atoms in total. The monoisotopic (exact) mass is 257 g/mol. The summed E-state index contributed by atoms with van der Waals surface area (Å²) in [6.07, 6.45) is 3.87. The number of pyridine rings is 2. The van der Waals surface area contributed by atoms with E-state index in [1.807, 2.05) is 24.3 Å². The Kier molecular flexibility index (Phi) is 3.73. The van der Waals surface area contributed by atoms with Gasteiger partial charge in [0.2, 0.25) is 0 Å². The summed E-state index contributed by atoms with van der Waals surface area (Å²) in [5.74, 6) is 0. The van der Waals surface area contributed by atoms with Gasteiger partial charge < -0.3 is 5.73 Å². The first-order chi connectivity index (χ1) is 6.78. The molecule has 1 aliphatic carbocycles. The van der Waals surface area contributed by atoms with Gasteiger partial charge in [0.05, 0.1) is 22.3 Å². The summed E-state index contributed by atoms with van der Waals surface area (Å²) in [6.45, 7) is 0. The number of hydrogen-bond donors (Lipinski definition) is 1. The first-order valence-electron chi connectivity index (χ1n) is 4.79. The lowest BCUT2D eigenvalue weighted by Crippen LogP contribution is -2.20. The Bertz CT molecular complexity index is 497. The predicted molar refractivity (Wildman–Crippen MR) is 69.1 cm³/mol. The SMILES string of the molecule is Cl.Cl.NC1(c2ccc3ncccc3n2)CC1. The number of nitrogens with zero attached hydrogens (tertiary/aromatic N) is 2. The number of rotatable bonds is 1. The van der Waals surface area contributed by atoms with Gasteiger partial charge in [0.15, 0.2) is 0 Å². The van der Waals surface area contributed by atoms with Gasteiger partial charge in [-0.2, -0.15) is 0 Å². The Hall–Kier alpha value is -0.900. The Morgan fingerprint density at radius 1 is 1.06 bits per heavy atom. The van der Waals surface area contributed by atoms with E-state index >= 15 is 0 Å². The number of nitrogens with two attached hydrogens (primary N) is 1. The van der Waals surface area contributed by atoms with Crippen molar-refractivity contribution in [1.82, 2.24) is 9.97 Å². The number of halogens is 2. The van der Waals surface area contributed by atoms with Crippen molar-refractivity contribution in [2.75, 3.05) is 0 Å². The molecule has 3 rings (SSSR count). The molecule has 2 heterocycles. The number of fused-ring (bicyclic) bond motifs is 1. The predicted octanol–water partition coefficient (Wildman–Crippen LogP) is 2.42. The highest BCUT2D eigenvalue weighted by Crippen LogP contribution is 2.41. The van der Waals surface area contributed by atoms with Crippen LogP contribution in [0, 0.1) is 0 Å². The molecule has 1 fully saturated rings. The Labute approximate surface area is 106 Å². The fourth-order valence-electron chi connectivity index (χ4n) is 1.62. The topological polar surface area (TPSA) is 51.8 Å². The Morgan fingerprint density at radius 2 is 1.81 bits per heavy atom. The fourth-order valence-corrected chi connectivity index (χ4v) is 1.62. The molecule has 86 valence electrons. The summed E-state index contributed by atoms with van der Waals surface area (Å²) in [4.78, 5) is 8.74. The van der Waals surface area contributed by atoms with Crippen LogP contribution in [0.5, 0.6) is 0 Å². The van der Waals surface area contributed by atoms with E-state index in [2.05, 4.69) is 9.97 Å². The van der Waals surface area contributed by atoms with Crippen molar-refractivity contribution in [2.45, 2.75) is 18.4 Å². The van der Waals surface area contributed by atoms with Crippen LogP contribution in [-0.4, -0.2) is 9.97 Å². The van der Waals surface area contributed by atoms with Crippen molar-refractivity contribution in [3.63, 3.8) is 0 Å². The molecule has 2 aromatic heterocycles. The summed E-state index contributed by atoms with van der Waals surface area (Å²) in [5.41, 5.74) is 8.79. The second-order valence-electron chi connectivity index (χ2n) is 3.89. The van der Waals surface area contributed by atoms with Crippen molar-refractivity contribution < 1.29 is 0 Å². The van der Waals surface area contributed by atoms with Gasteiger partial charge in [0, 0.05) is 6.20 Å². The van der Waals surface area contributed by atoms with Gasteiger partial charge >= 0.3 is 0 Å². The number of hydrogen-bond acceptors (Lipinski definition) is 3. The highest BCUT2D eigenvalue weighted by atomic mass is 35.5. The van der Waals surface area contributed by atoms with Gasteiger partial charge in [0.25, 0.3) is 0 Å². The van der Waals surface area contributed by atoms with E-state index in [1.54, 1.807) is 6.20 Å². The maximum atomic E-state index is 6.08. The third-order valence-electron chi connectivity index (χ3n) is 2.75. The van der Waals surface area contributed by atoms with Crippen LogP contribution in [0.15, 0.2) is 30.5 Å². The van der Waals surface area contributed by atoms with E-state index in [0.29, 0.717) is 0 Å². The molecular weight excluding hydrogens is 245 g/mol. The van der Waals surface area contributed by atoms with Crippen molar-refractivity contribution in [1.29, 1.82) is 0 Å². The summed E-state index contributed by atoms with van der Waals surface area (Å²) < 4.78 is 0. The zero-order valence-corrected chi connectivity index (χ0v) is 10.2. The maximum Gasteiger partial charge on any atom is 0.0890 e. The molecule has 0 bridgehead atoms. The van der Waals surface area contributed by atoms with Gasteiger partial charge in [-0.3, -0.25) is 4.98 Å². The maximum absolute atomic E-state index is 6.08. The lowest BCUT2D eigenvalue weighted by molar-refractivity contribution is 0.712. The van der Waals surface area contributed by atoms with Crippen molar-refractivity contribution >= 4 is 35.8 Å². The average molecular weight is 258 g/mol. The minimum Gasteiger partial charge on any atom is -0.320 e. The van der Waals surface area contributed by atoms with Crippen molar-refractivity contribution in [3.8, 4) is 0 Å². The Balaban J connectivity index is 0.000000640. The second kappa shape index (κ2) is 4.53. The second-order valence-corrected chi connectivity index (χ2v) is 3.89. The minimum absolute atomic E-state index is 0. The Morgan fingerprint density at radius 3 is 2.50 bits per heavy atom. The largest absolute Gasteiger partial charge is 0.320 e. The molecule has 5 heteroatoms. The minimum atomic E-state index is -0.149. The highest BCUT2D eigenvalue weighted by molar-refractivity contribution is 5.85. The molecule has 0 unspecified atom stereocenters. The molecule has 0 spiro atoms. The van der Waals surface area contributed by atoms with E-state index in [1.165, 1.54) is 0 Å². The molecule has 2 aromatic rings. The molecular formula is C11H13Cl2N3. The smallest absolute Gasteiger partial charge is 0.0890 e. The van der Waals surface area contributed by atoms with Gasteiger partial charge in [0.1, 0.15) is 0 Å². The molecule has 0 aliphatic heterocycles. The molecule has 2 N–H and O–H groups in total. The zero-order valence-electron chi connectivity index (χ0n) is 8.59. The van der Waals surface area contributed by atoms with E-state index in [-0.39, 0.29) is 30.4 Å². The molecule has 1 saturated carbocycles. The highest BCUT2D eigenvalue weighted by Gasteiger charge is 2.41. The lowest BCUT2D eigenvalue weighted by atomic mass is 10.1. The van der Waals surface area contributed by atoms with E-state index in [0.717, 1.165) is 29.6 Å². The summed E-state index contributed by atoms with van der Waals surface area (Å²) in [6, 6.07) is 7.85. The molecule has 16 heavy (non-hydrogen) atoms. The van der Waals surface area contributed by atoms with Gasteiger partial charge in [-0.25, -0.2) is 4.98 Å². The molecule has 0 atom stereocenters. The van der Waals surface area contributed by atoms with Crippen molar-refractivity contribution in [2.24, 2.45) is 5.73 Å². The van der Waals surface area contributed by atoms with Crippen LogP contribution in [0.3, 0.4) is 0 Å². The number of aromatic nitrogens is 2. The summed E-state index contributed by atoms with van der Waals surface area (Å²) >= 11 is 0. The van der Waals surface area contributed by atoms with Crippen molar-refractivity contribution in [3.05, 3.63) is 36.2 Å². The van der Waals surface area contributed by atoms with Crippen LogP contribution in [-0.2, 0) is 5.54 Å². The van der Waals surface area contributed by atoms with Crippen LogP contribution in [0.25, 0.3) is 11.0 Å². The third-order valence-corrected chi connectivity index (χ3v) is 2.75. The first-order valence-corrected chi connectivity index (χ1v) is 4.79. The van der Waals surface area contributed by atoms with Gasteiger partial charge in [-0.05, 0) is 37.1 Å². The third kappa shape index (κ3) is 2.12. The van der Waals surface area contributed by atoms with Crippen LogP contribution < -0.4 is 5.73 Å². The molecule has 0 radical (unpaired) electrons. The summed E-state index contributed by atoms with van der Waals surface area (Å²) in [7, 11) is 0. The van der Waals surface area contributed by atoms with Crippen LogP contribution >= 0.6 is 24.8 Å². The van der Waals surface area contributed by atoms with E-state index in [9.17, 15) is 0 Å². The zero-order chi connectivity index (χ0) is 9.60. The van der Waals surface area contributed by atoms with Crippen LogP contribution in [0.1, 0.15) is 18.5 Å². The van der Waals surface area contributed by atoms with E-state index in [4.69, 9.17) is 5.73 Å².